The van der Waals surface area contributed by atoms with E-state index in [4.69, 9.17) is 29.3 Å². The van der Waals surface area contributed by atoms with Gasteiger partial charge in [0.25, 0.3) is 0 Å². The molecule has 6 nitrogen and oxygen atoms in total. The molecule has 56 heavy (non-hydrogen) atoms. The molecule has 4 aromatic heterocycles. The molecule has 0 amide bonds. The first-order valence-electron chi connectivity index (χ1n) is 18.4. The molecule has 0 aliphatic carbocycles. The Labute approximate surface area is 325 Å². The Bertz CT molecular complexity index is 3190. The number of thiophene rings is 1. The molecule has 7 heteroatoms. The van der Waals surface area contributed by atoms with Crippen LogP contribution >= 0.6 is 11.3 Å². The van der Waals surface area contributed by atoms with Crippen molar-refractivity contribution < 1.29 is 4.42 Å². The third-order valence-electron chi connectivity index (χ3n) is 10.2. The Morgan fingerprint density at radius 3 is 1.70 bits per heavy atom. The van der Waals surface area contributed by atoms with Crippen LogP contribution in [0, 0.1) is 0 Å². The fraction of sp³-hybridized carbons (Fsp3) is 0. The van der Waals surface area contributed by atoms with Crippen LogP contribution in [-0.2, 0) is 0 Å². The maximum absolute atomic E-state index is 6.37. The van der Waals surface area contributed by atoms with E-state index in [0.29, 0.717) is 28.9 Å². The molecular formula is C49H29N5OS. The van der Waals surface area contributed by atoms with E-state index in [1.54, 1.807) is 11.3 Å². The summed E-state index contributed by atoms with van der Waals surface area (Å²) in [7, 11) is 0. The Kier molecular flexibility index (Phi) is 7.57. The van der Waals surface area contributed by atoms with Crippen molar-refractivity contribution in [2.45, 2.75) is 0 Å². The van der Waals surface area contributed by atoms with E-state index in [2.05, 4.69) is 78.9 Å². The number of hydrogen-bond acceptors (Lipinski definition) is 7. The van der Waals surface area contributed by atoms with Crippen LogP contribution in [0.4, 0.5) is 0 Å². The Morgan fingerprint density at radius 2 is 0.946 bits per heavy atom. The smallest absolute Gasteiger partial charge is 0.180 e. The molecule has 262 valence electrons. The number of fused-ring (bicyclic) bond motifs is 6. The molecule has 4 heterocycles. The third kappa shape index (κ3) is 5.44. The van der Waals surface area contributed by atoms with Crippen molar-refractivity contribution in [3.63, 3.8) is 0 Å². The highest BCUT2D eigenvalue weighted by Gasteiger charge is 2.21. The summed E-state index contributed by atoms with van der Waals surface area (Å²) in [4.78, 5) is 25.4. The van der Waals surface area contributed by atoms with E-state index >= 15 is 0 Å². The van der Waals surface area contributed by atoms with Gasteiger partial charge >= 0.3 is 0 Å². The van der Waals surface area contributed by atoms with E-state index in [0.717, 1.165) is 71.2 Å². The number of nitrogens with zero attached hydrogens (tertiary/aromatic N) is 5. The van der Waals surface area contributed by atoms with Gasteiger partial charge in [-0.1, -0.05) is 146 Å². The maximum Gasteiger partial charge on any atom is 0.180 e. The van der Waals surface area contributed by atoms with Gasteiger partial charge in [0, 0.05) is 53.4 Å². The van der Waals surface area contributed by atoms with Gasteiger partial charge in [0.1, 0.15) is 16.8 Å². The standard InChI is InChI=1S/C49H29N5OS/c1-4-15-30(16-5-1)42-44-43(36-23-10-11-27-39(36)55-44)51-48(50-42)34-22-12-21-33(29-34)35-24-14-28-40-41(35)37-25-13-26-38(45(37)56-40)49-53-46(31-17-6-2-7-18-31)52-47(54-49)32-19-8-3-9-20-32/h1-29H. The summed E-state index contributed by atoms with van der Waals surface area (Å²) in [5.41, 5.74) is 10.0. The lowest BCUT2D eigenvalue weighted by molar-refractivity contribution is 0.667. The van der Waals surface area contributed by atoms with Crippen LogP contribution in [-0.4, -0.2) is 24.9 Å². The number of aromatic nitrogens is 5. The summed E-state index contributed by atoms with van der Waals surface area (Å²) in [5, 5.41) is 3.31. The lowest BCUT2D eigenvalue weighted by Crippen LogP contribution is -2.00. The molecule has 0 spiro atoms. The average molecular weight is 736 g/mol. The first-order chi connectivity index (χ1) is 27.7. The molecule has 0 bridgehead atoms. The number of rotatable bonds is 6. The second-order valence-corrected chi connectivity index (χ2v) is 14.7. The van der Waals surface area contributed by atoms with Crippen LogP contribution in [0.2, 0.25) is 0 Å². The quantitative estimate of drug-likeness (QED) is 0.169. The summed E-state index contributed by atoms with van der Waals surface area (Å²) in [6.45, 7) is 0. The van der Waals surface area contributed by atoms with Crippen LogP contribution in [0.1, 0.15) is 0 Å². The summed E-state index contributed by atoms with van der Waals surface area (Å²) >= 11 is 1.76. The minimum absolute atomic E-state index is 0.643. The van der Waals surface area contributed by atoms with Crippen LogP contribution in [0.25, 0.3) is 110 Å². The lowest BCUT2D eigenvalue weighted by atomic mass is 9.97. The molecule has 0 N–H and O–H groups in total. The number of hydrogen-bond donors (Lipinski definition) is 0. The molecule has 7 aromatic carbocycles. The monoisotopic (exact) mass is 735 g/mol. The largest absolute Gasteiger partial charge is 0.452 e. The van der Waals surface area contributed by atoms with Crippen molar-refractivity contribution in [3.8, 4) is 67.9 Å². The first kappa shape index (κ1) is 32.1. The van der Waals surface area contributed by atoms with Gasteiger partial charge < -0.3 is 4.42 Å². The zero-order valence-electron chi connectivity index (χ0n) is 29.8. The van der Waals surface area contributed by atoms with Gasteiger partial charge in [-0.05, 0) is 41.5 Å². The predicted octanol–water partition coefficient (Wildman–Crippen LogP) is 12.9. The van der Waals surface area contributed by atoms with Gasteiger partial charge in [-0.2, -0.15) is 0 Å². The summed E-state index contributed by atoms with van der Waals surface area (Å²) < 4.78 is 8.68. The molecule has 0 radical (unpaired) electrons. The van der Waals surface area contributed by atoms with E-state index in [-0.39, 0.29) is 0 Å². The highest BCUT2D eigenvalue weighted by atomic mass is 32.1. The van der Waals surface area contributed by atoms with Crippen molar-refractivity contribution >= 4 is 53.6 Å². The van der Waals surface area contributed by atoms with Gasteiger partial charge in [-0.3, -0.25) is 0 Å². The highest BCUT2D eigenvalue weighted by Crippen LogP contribution is 2.44. The van der Waals surface area contributed by atoms with Gasteiger partial charge in [-0.15, -0.1) is 11.3 Å². The molecule has 0 atom stereocenters. The number of furan rings is 1. The molecule has 0 unspecified atom stereocenters. The second kappa shape index (κ2) is 13.2. The molecule has 0 saturated carbocycles. The molecule has 0 aliphatic heterocycles. The molecule has 11 rings (SSSR count). The highest BCUT2D eigenvalue weighted by molar-refractivity contribution is 7.26. The molecule has 11 aromatic rings. The molecular weight excluding hydrogens is 707 g/mol. The third-order valence-corrected chi connectivity index (χ3v) is 11.4. The molecule has 0 aliphatic rings. The summed E-state index contributed by atoms with van der Waals surface area (Å²) in [5.74, 6) is 2.58. The fourth-order valence-corrected chi connectivity index (χ4v) is 8.77. The van der Waals surface area contributed by atoms with E-state index in [1.165, 1.54) is 10.1 Å². The van der Waals surface area contributed by atoms with Crippen LogP contribution in [0.5, 0.6) is 0 Å². The van der Waals surface area contributed by atoms with Gasteiger partial charge in [0.05, 0.1) is 0 Å². The van der Waals surface area contributed by atoms with Gasteiger partial charge in [0.2, 0.25) is 0 Å². The predicted molar refractivity (Wildman–Crippen MR) is 228 cm³/mol. The van der Waals surface area contributed by atoms with Crippen molar-refractivity contribution in [2.75, 3.05) is 0 Å². The van der Waals surface area contributed by atoms with E-state index < -0.39 is 0 Å². The molecule has 0 saturated heterocycles. The van der Waals surface area contributed by atoms with Crippen LogP contribution in [0.3, 0.4) is 0 Å². The topological polar surface area (TPSA) is 77.6 Å². The summed E-state index contributed by atoms with van der Waals surface area (Å²) in [6, 6.07) is 59.9. The van der Waals surface area contributed by atoms with Crippen molar-refractivity contribution in [2.24, 2.45) is 0 Å². The van der Waals surface area contributed by atoms with Crippen molar-refractivity contribution in [3.05, 3.63) is 176 Å². The number of benzene rings is 7. The Hall–Kier alpha value is -7.35. The summed E-state index contributed by atoms with van der Waals surface area (Å²) in [6.07, 6.45) is 0. The normalized spacial score (nSPS) is 11.6. The molecule has 0 fully saturated rings. The maximum atomic E-state index is 6.37. The minimum Gasteiger partial charge on any atom is -0.452 e. The van der Waals surface area contributed by atoms with Gasteiger partial charge in [0.15, 0.2) is 28.9 Å². The van der Waals surface area contributed by atoms with Gasteiger partial charge in [-0.25, -0.2) is 24.9 Å². The van der Waals surface area contributed by atoms with Crippen LogP contribution < -0.4 is 0 Å². The van der Waals surface area contributed by atoms with Crippen molar-refractivity contribution in [1.29, 1.82) is 0 Å². The van der Waals surface area contributed by atoms with E-state index in [9.17, 15) is 0 Å². The minimum atomic E-state index is 0.643. The average Bonchev–Trinajstić information content (AvgIpc) is 3.86. The van der Waals surface area contributed by atoms with Crippen LogP contribution in [0.15, 0.2) is 180 Å². The second-order valence-electron chi connectivity index (χ2n) is 13.6. The first-order valence-corrected chi connectivity index (χ1v) is 19.2. The lowest BCUT2D eigenvalue weighted by Gasteiger charge is -2.10. The zero-order valence-corrected chi connectivity index (χ0v) is 30.6. The van der Waals surface area contributed by atoms with Crippen molar-refractivity contribution in [1.82, 2.24) is 24.9 Å². The SMILES string of the molecule is c1ccc(-c2nc(-c3ccccc3)nc(-c3cccc4c3sc3cccc(-c5cccc(-c6nc(-c7ccccc7)c7oc8ccccc8c7n6)c5)c34)n2)cc1. The fourth-order valence-electron chi connectivity index (χ4n) is 7.53. The van der Waals surface area contributed by atoms with E-state index in [1.807, 2.05) is 97.1 Å². The Morgan fingerprint density at radius 1 is 0.393 bits per heavy atom. The Balaban J connectivity index is 1.07. The number of para-hydroxylation sites is 1. The zero-order chi connectivity index (χ0) is 37.0.